The molecule has 0 bridgehead atoms. The molecule has 6 heteroatoms. The molecule has 0 aromatic heterocycles. The number of benzene rings is 2. The first-order valence-corrected chi connectivity index (χ1v) is 8.55. The summed E-state index contributed by atoms with van der Waals surface area (Å²) in [7, 11) is 0. The minimum Gasteiger partial charge on any atom is -0.308 e. The lowest BCUT2D eigenvalue weighted by Crippen LogP contribution is -2.35. The van der Waals surface area contributed by atoms with E-state index in [4.69, 9.17) is 0 Å². The molecule has 124 valence electrons. The molecule has 0 aliphatic heterocycles. The van der Waals surface area contributed by atoms with Gasteiger partial charge < -0.3 is 5.32 Å². The monoisotopic (exact) mass is 342 g/mol. The number of ketones is 1. The van der Waals surface area contributed by atoms with E-state index in [9.17, 15) is 14.4 Å². The minimum atomic E-state index is -0.659. The third-order valence-corrected chi connectivity index (χ3v) is 4.04. The fraction of sp³-hybridized carbons (Fsp3) is 0.167. The lowest BCUT2D eigenvalue weighted by Gasteiger charge is -2.07. The number of carbonyl (C=O) groups excluding carboxylic acids is 3. The third-order valence-electron chi connectivity index (χ3n) is 3.30. The zero-order valence-corrected chi connectivity index (χ0v) is 14.3. The molecule has 0 fully saturated rings. The number of imide groups is 1. The van der Waals surface area contributed by atoms with Gasteiger partial charge in [-0.05, 0) is 37.4 Å². The highest BCUT2D eigenvalue weighted by molar-refractivity contribution is 7.98. The van der Waals surface area contributed by atoms with E-state index in [1.54, 1.807) is 48.2 Å². The summed E-state index contributed by atoms with van der Waals surface area (Å²) < 4.78 is 0. The van der Waals surface area contributed by atoms with E-state index in [1.807, 2.05) is 25.3 Å². The van der Waals surface area contributed by atoms with Crippen LogP contribution < -0.4 is 10.6 Å². The van der Waals surface area contributed by atoms with E-state index in [1.165, 1.54) is 0 Å². The van der Waals surface area contributed by atoms with Crippen molar-refractivity contribution in [2.45, 2.75) is 18.2 Å². The van der Waals surface area contributed by atoms with Crippen LogP contribution in [0.15, 0.2) is 53.4 Å². The molecule has 0 aliphatic rings. The van der Waals surface area contributed by atoms with Crippen molar-refractivity contribution >= 4 is 35.2 Å². The lowest BCUT2D eigenvalue weighted by molar-refractivity contribution is -0.119. The van der Waals surface area contributed by atoms with Crippen molar-refractivity contribution in [3.05, 3.63) is 59.7 Å². The molecule has 0 aliphatic carbocycles. The zero-order valence-electron chi connectivity index (χ0n) is 13.5. The van der Waals surface area contributed by atoms with E-state index >= 15 is 0 Å². The van der Waals surface area contributed by atoms with Crippen molar-refractivity contribution in [2.75, 3.05) is 11.6 Å². The number of anilines is 1. The zero-order chi connectivity index (χ0) is 17.5. The number of carbonyl (C=O) groups is 3. The second kappa shape index (κ2) is 8.31. The molecule has 0 spiro atoms. The molecule has 0 unspecified atom stereocenters. The van der Waals surface area contributed by atoms with Crippen LogP contribution in [0.25, 0.3) is 0 Å². The Morgan fingerprint density at radius 2 is 1.58 bits per heavy atom. The van der Waals surface area contributed by atoms with Gasteiger partial charge >= 0.3 is 6.03 Å². The predicted molar refractivity (Wildman–Crippen MR) is 95.5 cm³/mol. The number of hydrogen-bond acceptors (Lipinski definition) is 4. The molecule has 3 amide bonds. The van der Waals surface area contributed by atoms with Gasteiger partial charge in [0.1, 0.15) is 0 Å². The smallest absolute Gasteiger partial charge is 0.308 e. The van der Waals surface area contributed by atoms with E-state index < -0.39 is 11.9 Å². The molecule has 5 nitrogen and oxygen atoms in total. The molecule has 2 aromatic carbocycles. The Morgan fingerprint density at radius 3 is 2.17 bits per heavy atom. The van der Waals surface area contributed by atoms with Crippen LogP contribution in [-0.2, 0) is 4.79 Å². The number of nitrogens with one attached hydrogen (secondary N) is 2. The average Bonchev–Trinajstić information content (AvgIpc) is 2.55. The van der Waals surface area contributed by atoms with Gasteiger partial charge in [0.2, 0.25) is 5.91 Å². The van der Waals surface area contributed by atoms with Crippen molar-refractivity contribution in [3.63, 3.8) is 0 Å². The maximum atomic E-state index is 12.0. The summed E-state index contributed by atoms with van der Waals surface area (Å²) in [5.41, 5.74) is 2.05. The number of amides is 3. The lowest BCUT2D eigenvalue weighted by atomic mass is 10.1. The van der Waals surface area contributed by atoms with Crippen molar-refractivity contribution in [3.8, 4) is 0 Å². The van der Waals surface area contributed by atoms with Crippen LogP contribution in [0.2, 0.25) is 0 Å². The highest BCUT2D eigenvalue weighted by atomic mass is 32.2. The van der Waals surface area contributed by atoms with Gasteiger partial charge in [-0.2, -0.15) is 0 Å². The van der Waals surface area contributed by atoms with Crippen molar-refractivity contribution in [1.82, 2.24) is 5.32 Å². The SMILES string of the molecule is CSc1ccc(NC(=O)NC(=O)CC(=O)c2ccc(C)cc2)cc1. The molecule has 0 heterocycles. The van der Waals surface area contributed by atoms with Crippen LogP contribution in [0, 0.1) is 6.92 Å². The fourth-order valence-electron chi connectivity index (χ4n) is 1.99. The Bertz CT molecular complexity index is 740. The normalized spacial score (nSPS) is 10.1. The van der Waals surface area contributed by atoms with Gasteiger partial charge in [0.25, 0.3) is 0 Å². The first-order valence-electron chi connectivity index (χ1n) is 7.32. The average molecular weight is 342 g/mol. The Labute approximate surface area is 144 Å². The summed E-state index contributed by atoms with van der Waals surface area (Å²) in [4.78, 5) is 36.6. The highest BCUT2D eigenvalue weighted by Crippen LogP contribution is 2.17. The van der Waals surface area contributed by atoms with Gasteiger partial charge in [-0.15, -0.1) is 11.8 Å². The molecule has 2 aromatic rings. The number of hydrogen-bond donors (Lipinski definition) is 2. The summed E-state index contributed by atoms with van der Waals surface area (Å²) in [6.45, 7) is 1.91. The van der Waals surface area contributed by atoms with Gasteiger partial charge in [-0.25, -0.2) is 4.79 Å². The van der Waals surface area contributed by atoms with Crippen LogP contribution in [0.5, 0.6) is 0 Å². The molecule has 0 saturated carbocycles. The van der Waals surface area contributed by atoms with Gasteiger partial charge in [0, 0.05) is 16.1 Å². The Hall–Kier alpha value is -2.60. The maximum absolute atomic E-state index is 12.0. The topological polar surface area (TPSA) is 75.3 Å². The Balaban J connectivity index is 1.85. The number of thioether (sulfide) groups is 1. The standard InChI is InChI=1S/C18H18N2O3S/c1-12-3-5-13(6-4-12)16(21)11-17(22)20-18(23)19-14-7-9-15(24-2)10-8-14/h3-10H,11H2,1-2H3,(H2,19,20,22,23). The largest absolute Gasteiger partial charge is 0.325 e. The van der Waals surface area contributed by atoms with Crippen LogP contribution in [0.1, 0.15) is 22.3 Å². The van der Waals surface area contributed by atoms with Crippen molar-refractivity contribution < 1.29 is 14.4 Å². The second-order valence-corrected chi connectivity index (χ2v) is 6.08. The Kier molecular flexibility index (Phi) is 6.14. The summed E-state index contributed by atoms with van der Waals surface area (Å²) in [6, 6.07) is 13.5. The maximum Gasteiger partial charge on any atom is 0.325 e. The van der Waals surface area contributed by atoms with Crippen molar-refractivity contribution in [1.29, 1.82) is 0 Å². The Morgan fingerprint density at radius 1 is 0.958 bits per heavy atom. The fourth-order valence-corrected chi connectivity index (χ4v) is 2.40. The van der Waals surface area contributed by atoms with Crippen LogP contribution >= 0.6 is 11.8 Å². The van der Waals surface area contributed by atoms with Crippen LogP contribution in [0.4, 0.5) is 10.5 Å². The quantitative estimate of drug-likeness (QED) is 0.494. The number of Topliss-reactive ketones (excluding diaryl/α,β-unsaturated/α-hetero) is 1. The molecular weight excluding hydrogens is 324 g/mol. The molecular formula is C18H18N2O3S. The van der Waals surface area contributed by atoms with Crippen molar-refractivity contribution in [2.24, 2.45) is 0 Å². The third kappa shape index (κ3) is 5.24. The van der Waals surface area contributed by atoms with Gasteiger partial charge in [0.05, 0.1) is 6.42 Å². The van der Waals surface area contributed by atoms with Gasteiger partial charge in [0.15, 0.2) is 5.78 Å². The molecule has 0 atom stereocenters. The first kappa shape index (κ1) is 17.7. The molecule has 0 saturated heterocycles. The van der Waals surface area contributed by atoms with E-state index in [0.717, 1.165) is 10.5 Å². The number of urea groups is 1. The predicted octanol–water partition coefficient (Wildman–Crippen LogP) is 3.64. The van der Waals surface area contributed by atoms with E-state index in [2.05, 4.69) is 10.6 Å². The molecule has 2 rings (SSSR count). The second-order valence-electron chi connectivity index (χ2n) is 5.20. The van der Waals surface area contributed by atoms with E-state index in [0.29, 0.717) is 11.3 Å². The summed E-state index contributed by atoms with van der Waals surface area (Å²) in [6.07, 6.45) is 1.58. The summed E-state index contributed by atoms with van der Waals surface area (Å²) in [5.74, 6) is -0.969. The summed E-state index contributed by atoms with van der Waals surface area (Å²) in [5, 5.41) is 4.71. The van der Waals surface area contributed by atoms with E-state index in [-0.39, 0.29) is 12.2 Å². The molecule has 2 N–H and O–H groups in total. The number of aryl methyl sites for hydroxylation is 1. The minimum absolute atomic E-state index is 0.329. The molecule has 0 radical (unpaired) electrons. The highest BCUT2D eigenvalue weighted by Gasteiger charge is 2.14. The summed E-state index contributed by atoms with van der Waals surface area (Å²) >= 11 is 1.59. The number of rotatable bonds is 5. The van der Waals surface area contributed by atoms with Gasteiger partial charge in [-0.3, -0.25) is 14.9 Å². The van der Waals surface area contributed by atoms with Gasteiger partial charge in [-0.1, -0.05) is 29.8 Å². The first-order chi connectivity index (χ1) is 11.5. The van der Waals surface area contributed by atoms with Crippen LogP contribution in [-0.4, -0.2) is 24.0 Å². The van der Waals surface area contributed by atoms with Crippen LogP contribution in [0.3, 0.4) is 0 Å². The molecule has 24 heavy (non-hydrogen) atoms.